The molecule has 4 nitrogen and oxygen atoms in total. The van der Waals surface area contributed by atoms with Gasteiger partial charge in [0.1, 0.15) is 5.75 Å². The van der Waals surface area contributed by atoms with E-state index in [4.69, 9.17) is 9.47 Å². The number of morpholine rings is 1. The molecule has 1 aliphatic heterocycles. The molecule has 0 saturated carbocycles. The largest absolute Gasteiger partial charge is 0.496 e. The standard InChI is InChI=1S/C16H25NO3/c1-5-13-10-20-11(2)9-17(13)14-7-6-8-15(19-4)16(14)12(3)18/h6-8,11-13,18H,5,9-10H2,1-4H3/t11?,12-,13?/m0/s1. The molecule has 1 aromatic carbocycles. The normalized spacial score (nSPS) is 24.6. The third-order valence-corrected chi connectivity index (χ3v) is 3.93. The highest BCUT2D eigenvalue weighted by atomic mass is 16.5. The van der Waals surface area contributed by atoms with Crippen LogP contribution < -0.4 is 9.64 Å². The first-order valence-electron chi connectivity index (χ1n) is 7.31. The lowest BCUT2D eigenvalue weighted by molar-refractivity contribution is 0.0296. The Balaban J connectivity index is 2.44. The Morgan fingerprint density at radius 3 is 2.85 bits per heavy atom. The molecule has 0 aliphatic carbocycles. The van der Waals surface area contributed by atoms with Gasteiger partial charge in [0.2, 0.25) is 0 Å². The van der Waals surface area contributed by atoms with E-state index in [1.807, 2.05) is 12.1 Å². The molecule has 0 bridgehead atoms. The number of ether oxygens (including phenoxy) is 2. The van der Waals surface area contributed by atoms with Crippen molar-refractivity contribution in [1.82, 2.24) is 0 Å². The molecule has 2 unspecified atom stereocenters. The van der Waals surface area contributed by atoms with Gasteiger partial charge in [0, 0.05) is 17.8 Å². The number of nitrogens with zero attached hydrogens (tertiary/aromatic N) is 1. The second kappa shape index (κ2) is 6.46. The number of aliphatic hydroxyl groups excluding tert-OH is 1. The third-order valence-electron chi connectivity index (χ3n) is 3.93. The van der Waals surface area contributed by atoms with Crippen molar-refractivity contribution in [2.75, 3.05) is 25.2 Å². The van der Waals surface area contributed by atoms with Crippen LogP contribution in [0.1, 0.15) is 38.9 Å². The van der Waals surface area contributed by atoms with E-state index in [2.05, 4.69) is 24.8 Å². The van der Waals surface area contributed by atoms with E-state index in [-0.39, 0.29) is 6.10 Å². The summed E-state index contributed by atoms with van der Waals surface area (Å²) in [5, 5.41) is 10.1. The summed E-state index contributed by atoms with van der Waals surface area (Å²) in [5.41, 5.74) is 1.92. The average Bonchev–Trinajstić information content (AvgIpc) is 2.46. The van der Waals surface area contributed by atoms with Gasteiger partial charge >= 0.3 is 0 Å². The molecule has 0 spiro atoms. The number of rotatable bonds is 4. The summed E-state index contributed by atoms with van der Waals surface area (Å²) in [7, 11) is 1.64. The molecule has 1 saturated heterocycles. The van der Waals surface area contributed by atoms with E-state index in [9.17, 15) is 5.11 Å². The lowest BCUT2D eigenvalue weighted by atomic mass is 10.0. The minimum Gasteiger partial charge on any atom is -0.496 e. The summed E-state index contributed by atoms with van der Waals surface area (Å²) in [6, 6.07) is 6.28. The maximum atomic E-state index is 10.1. The van der Waals surface area contributed by atoms with Crippen molar-refractivity contribution >= 4 is 5.69 Å². The number of anilines is 1. The Hall–Kier alpha value is -1.26. The maximum absolute atomic E-state index is 10.1. The van der Waals surface area contributed by atoms with Crippen molar-refractivity contribution in [3.63, 3.8) is 0 Å². The fourth-order valence-electron chi connectivity index (χ4n) is 2.86. The summed E-state index contributed by atoms with van der Waals surface area (Å²) >= 11 is 0. The zero-order valence-electron chi connectivity index (χ0n) is 12.8. The Morgan fingerprint density at radius 1 is 1.50 bits per heavy atom. The van der Waals surface area contributed by atoms with Crippen molar-refractivity contribution in [2.24, 2.45) is 0 Å². The molecule has 1 N–H and O–H groups in total. The molecule has 1 heterocycles. The summed E-state index contributed by atoms with van der Waals surface area (Å²) in [6.45, 7) is 7.60. The minimum absolute atomic E-state index is 0.200. The van der Waals surface area contributed by atoms with Crippen LogP contribution in [0.25, 0.3) is 0 Å². The molecular weight excluding hydrogens is 254 g/mol. The lowest BCUT2D eigenvalue weighted by Crippen LogP contribution is -2.49. The van der Waals surface area contributed by atoms with Crippen LogP contribution in [0.5, 0.6) is 5.75 Å². The summed E-state index contributed by atoms with van der Waals surface area (Å²) in [5.74, 6) is 0.742. The van der Waals surface area contributed by atoms with Crippen molar-refractivity contribution in [3.8, 4) is 5.75 Å². The zero-order chi connectivity index (χ0) is 14.7. The summed E-state index contributed by atoms with van der Waals surface area (Å²) in [4.78, 5) is 2.35. The number of aliphatic hydroxyl groups is 1. The van der Waals surface area contributed by atoms with Gasteiger partial charge in [-0.3, -0.25) is 0 Å². The summed E-state index contributed by atoms with van der Waals surface area (Å²) in [6.07, 6.45) is 0.658. The van der Waals surface area contributed by atoms with E-state index in [1.165, 1.54) is 0 Å². The fourth-order valence-corrected chi connectivity index (χ4v) is 2.86. The van der Waals surface area contributed by atoms with Crippen LogP contribution in [0.3, 0.4) is 0 Å². The zero-order valence-corrected chi connectivity index (χ0v) is 12.8. The molecule has 0 radical (unpaired) electrons. The van der Waals surface area contributed by atoms with Crippen LogP contribution in [0.15, 0.2) is 18.2 Å². The van der Waals surface area contributed by atoms with Crippen LogP contribution in [-0.2, 0) is 4.74 Å². The van der Waals surface area contributed by atoms with E-state index < -0.39 is 6.10 Å². The van der Waals surface area contributed by atoms with Gasteiger partial charge in [0.25, 0.3) is 0 Å². The average molecular weight is 279 g/mol. The smallest absolute Gasteiger partial charge is 0.126 e. The van der Waals surface area contributed by atoms with Crippen molar-refractivity contribution in [3.05, 3.63) is 23.8 Å². The highest BCUT2D eigenvalue weighted by Gasteiger charge is 2.29. The second-order valence-electron chi connectivity index (χ2n) is 5.43. The molecule has 3 atom stereocenters. The SMILES string of the molecule is CCC1COC(C)CN1c1cccc(OC)c1[C@H](C)O. The molecular formula is C16H25NO3. The lowest BCUT2D eigenvalue weighted by Gasteiger charge is -2.41. The van der Waals surface area contributed by atoms with Crippen LogP contribution in [0.2, 0.25) is 0 Å². The minimum atomic E-state index is -0.559. The molecule has 4 heteroatoms. The van der Waals surface area contributed by atoms with E-state index >= 15 is 0 Å². The van der Waals surface area contributed by atoms with Crippen LogP contribution >= 0.6 is 0 Å². The topological polar surface area (TPSA) is 41.9 Å². The highest BCUT2D eigenvalue weighted by Crippen LogP contribution is 2.36. The van der Waals surface area contributed by atoms with Crippen molar-refractivity contribution in [1.29, 1.82) is 0 Å². The molecule has 20 heavy (non-hydrogen) atoms. The Kier molecular flexibility index (Phi) is 4.89. The Labute approximate surface area is 121 Å². The maximum Gasteiger partial charge on any atom is 0.126 e. The van der Waals surface area contributed by atoms with Gasteiger partial charge < -0.3 is 19.5 Å². The highest BCUT2D eigenvalue weighted by molar-refractivity contribution is 5.61. The Bertz CT molecular complexity index is 447. The molecule has 1 aromatic rings. The van der Waals surface area contributed by atoms with Gasteiger partial charge in [-0.15, -0.1) is 0 Å². The number of methoxy groups -OCH3 is 1. The van der Waals surface area contributed by atoms with Gasteiger partial charge in [-0.05, 0) is 32.4 Å². The monoisotopic (exact) mass is 279 g/mol. The van der Waals surface area contributed by atoms with Gasteiger partial charge in [-0.1, -0.05) is 13.0 Å². The van der Waals surface area contributed by atoms with Crippen LogP contribution in [-0.4, -0.2) is 37.5 Å². The predicted octanol–water partition coefficient (Wildman–Crippen LogP) is 2.75. The number of hydrogen-bond acceptors (Lipinski definition) is 4. The van der Waals surface area contributed by atoms with Gasteiger partial charge in [-0.2, -0.15) is 0 Å². The fraction of sp³-hybridized carbons (Fsp3) is 0.625. The molecule has 2 rings (SSSR count). The van der Waals surface area contributed by atoms with E-state index in [0.717, 1.165) is 36.6 Å². The number of hydrogen-bond donors (Lipinski definition) is 1. The molecule has 1 aliphatic rings. The first-order valence-corrected chi connectivity index (χ1v) is 7.31. The Morgan fingerprint density at radius 2 is 2.25 bits per heavy atom. The predicted molar refractivity (Wildman–Crippen MR) is 80.5 cm³/mol. The quantitative estimate of drug-likeness (QED) is 0.920. The van der Waals surface area contributed by atoms with Gasteiger partial charge in [0.05, 0.1) is 32.0 Å². The van der Waals surface area contributed by atoms with Crippen molar-refractivity contribution in [2.45, 2.75) is 45.4 Å². The van der Waals surface area contributed by atoms with Crippen LogP contribution in [0, 0.1) is 0 Å². The molecule has 1 fully saturated rings. The number of benzene rings is 1. The second-order valence-corrected chi connectivity index (χ2v) is 5.43. The van der Waals surface area contributed by atoms with E-state index in [1.54, 1.807) is 14.0 Å². The van der Waals surface area contributed by atoms with Crippen molar-refractivity contribution < 1.29 is 14.6 Å². The van der Waals surface area contributed by atoms with E-state index in [0.29, 0.717) is 6.04 Å². The summed E-state index contributed by atoms with van der Waals surface area (Å²) < 4.78 is 11.2. The first-order chi connectivity index (χ1) is 9.58. The van der Waals surface area contributed by atoms with Crippen LogP contribution in [0.4, 0.5) is 5.69 Å². The van der Waals surface area contributed by atoms with Gasteiger partial charge in [-0.25, -0.2) is 0 Å². The van der Waals surface area contributed by atoms with Gasteiger partial charge in [0.15, 0.2) is 0 Å². The molecule has 0 aromatic heterocycles. The first kappa shape index (κ1) is 15.1. The molecule has 112 valence electrons. The third kappa shape index (κ3) is 2.91. The molecule has 0 amide bonds.